The van der Waals surface area contributed by atoms with Crippen LogP contribution in [0.3, 0.4) is 0 Å². The van der Waals surface area contributed by atoms with E-state index in [2.05, 4.69) is 5.32 Å². The number of carbonyl (C=O) groups excluding carboxylic acids is 1. The molecular formula is C23H29N3O5S2. The van der Waals surface area contributed by atoms with Crippen molar-refractivity contribution >= 4 is 31.6 Å². The van der Waals surface area contributed by atoms with Gasteiger partial charge in [0.05, 0.1) is 10.6 Å². The minimum Gasteiger partial charge on any atom is -0.325 e. The predicted molar refractivity (Wildman–Crippen MR) is 126 cm³/mol. The SMILES string of the molecule is CN(C)S(=O)(=O)c1ccccc1NC(=O)C1CCN(S(=O)(=O)c2ccc3c(c2)CCC3)CC1. The van der Waals surface area contributed by atoms with Crippen LogP contribution < -0.4 is 5.32 Å². The highest BCUT2D eigenvalue weighted by atomic mass is 32.2. The Labute approximate surface area is 195 Å². The number of aryl methyl sites for hydroxylation is 2. The second-order valence-corrected chi connectivity index (χ2v) is 12.8. The van der Waals surface area contributed by atoms with Gasteiger partial charge in [0.1, 0.15) is 4.90 Å². The number of benzene rings is 2. The van der Waals surface area contributed by atoms with Gasteiger partial charge in [-0.2, -0.15) is 4.31 Å². The molecule has 0 unspecified atom stereocenters. The summed E-state index contributed by atoms with van der Waals surface area (Å²) in [5.74, 6) is -0.697. The van der Waals surface area contributed by atoms with E-state index in [1.807, 2.05) is 6.07 Å². The van der Waals surface area contributed by atoms with Crippen molar-refractivity contribution in [3.05, 3.63) is 53.6 Å². The minimum atomic E-state index is -3.72. The average Bonchev–Trinajstić information content (AvgIpc) is 3.27. The van der Waals surface area contributed by atoms with Crippen LogP contribution in [0, 0.1) is 5.92 Å². The number of amides is 1. The normalized spacial score (nSPS) is 17.8. The quantitative estimate of drug-likeness (QED) is 0.669. The first-order chi connectivity index (χ1) is 15.6. The lowest BCUT2D eigenvalue weighted by atomic mass is 9.97. The van der Waals surface area contributed by atoms with Crippen LogP contribution in [0.25, 0.3) is 0 Å². The van der Waals surface area contributed by atoms with Gasteiger partial charge in [0.25, 0.3) is 0 Å². The molecule has 0 spiro atoms. The molecular weight excluding hydrogens is 462 g/mol. The molecule has 4 rings (SSSR count). The standard InChI is InChI=1S/C23H29N3O5S2/c1-25(2)33(30,31)22-9-4-3-8-21(22)24-23(27)18-12-14-26(15-13-18)32(28,29)20-11-10-17-6-5-7-19(17)16-20/h3-4,8-11,16,18H,5-7,12-15H2,1-2H3,(H,24,27). The molecule has 10 heteroatoms. The maximum atomic E-state index is 13.1. The first-order valence-electron chi connectivity index (χ1n) is 11.0. The second kappa shape index (κ2) is 9.17. The van der Waals surface area contributed by atoms with Crippen LogP contribution in [0.15, 0.2) is 52.3 Å². The Morgan fingerprint density at radius 2 is 1.64 bits per heavy atom. The molecule has 0 aromatic heterocycles. The van der Waals surface area contributed by atoms with Crippen LogP contribution in [0.2, 0.25) is 0 Å². The lowest BCUT2D eigenvalue weighted by Gasteiger charge is -2.30. The van der Waals surface area contributed by atoms with Gasteiger partial charge in [0, 0.05) is 33.1 Å². The molecule has 1 aliphatic carbocycles. The van der Waals surface area contributed by atoms with Gasteiger partial charge in [-0.25, -0.2) is 21.1 Å². The monoisotopic (exact) mass is 491 g/mol. The van der Waals surface area contributed by atoms with Crippen molar-refractivity contribution in [2.45, 2.75) is 41.9 Å². The summed E-state index contributed by atoms with van der Waals surface area (Å²) in [4.78, 5) is 13.2. The number of sulfonamides is 2. The zero-order chi connectivity index (χ0) is 23.8. The topological polar surface area (TPSA) is 104 Å². The van der Waals surface area contributed by atoms with Crippen molar-refractivity contribution in [2.75, 3.05) is 32.5 Å². The molecule has 8 nitrogen and oxygen atoms in total. The maximum Gasteiger partial charge on any atom is 0.244 e. The van der Waals surface area contributed by atoms with Crippen LogP contribution in [-0.2, 0) is 37.7 Å². The summed E-state index contributed by atoms with van der Waals surface area (Å²) in [5.41, 5.74) is 2.56. The van der Waals surface area contributed by atoms with Crippen LogP contribution in [0.4, 0.5) is 5.69 Å². The van der Waals surface area contributed by atoms with E-state index < -0.39 is 26.0 Å². The molecule has 2 aromatic carbocycles. The molecule has 1 amide bonds. The molecule has 1 saturated heterocycles. The molecule has 2 aliphatic rings. The molecule has 1 N–H and O–H groups in total. The predicted octanol–water partition coefficient (Wildman–Crippen LogP) is 2.47. The molecule has 0 bridgehead atoms. The highest BCUT2D eigenvalue weighted by Crippen LogP contribution is 2.30. The van der Waals surface area contributed by atoms with E-state index in [0.29, 0.717) is 17.7 Å². The van der Waals surface area contributed by atoms with Gasteiger partial charge < -0.3 is 5.32 Å². The van der Waals surface area contributed by atoms with Gasteiger partial charge in [-0.1, -0.05) is 18.2 Å². The van der Waals surface area contributed by atoms with Gasteiger partial charge >= 0.3 is 0 Å². The number of hydrogen-bond donors (Lipinski definition) is 1. The molecule has 0 radical (unpaired) electrons. The summed E-state index contributed by atoms with van der Waals surface area (Å²) < 4.78 is 53.9. The number of anilines is 1. The van der Waals surface area contributed by atoms with Crippen molar-refractivity contribution in [3.63, 3.8) is 0 Å². The van der Waals surface area contributed by atoms with Crippen molar-refractivity contribution < 1.29 is 21.6 Å². The van der Waals surface area contributed by atoms with Crippen molar-refractivity contribution in [3.8, 4) is 0 Å². The van der Waals surface area contributed by atoms with Crippen molar-refractivity contribution in [2.24, 2.45) is 5.92 Å². The Hall–Kier alpha value is -2.27. The minimum absolute atomic E-state index is 0.0278. The zero-order valence-corrected chi connectivity index (χ0v) is 20.5. The number of para-hydroxylation sites is 1. The highest BCUT2D eigenvalue weighted by Gasteiger charge is 2.33. The van der Waals surface area contributed by atoms with Gasteiger partial charge in [-0.05, 0) is 67.5 Å². The molecule has 0 atom stereocenters. The third-order valence-electron chi connectivity index (χ3n) is 6.44. The number of fused-ring (bicyclic) bond motifs is 1. The number of nitrogens with zero attached hydrogens (tertiary/aromatic N) is 2. The first-order valence-corrected chi connectivity index (χ1v) is 13.9. The Morgan fingerprint density at radius 1 is 0.970 bits per heavy atom. The van der Waals surface area contributed by atoms with Gasteiger partial charge in [0.2, 0.25) is 26.0 Å². The van der Waals surface area contributed by atoms with E-state index >= 15 is 0 Å². The summed E-state index contributed by atoms with van der Waals surface area (Å²) in [5, 5.41) is 2.74. The fraction of sp³-hybridized carbons (Fsp3) is 0.435. The number of rotatable bonds is 6. The van der Waals surface area contributed by atoms with Crippen LogP contribution in [0.5, 0.6) is 0 Å². The van der Waals surface area contributed by atoms with E-state index in [9.17, 15) is 21.6 Å². The molecule has 0 saturated carbocycles. The van der Waals surface area contributed by atoms with Gasteiger partial charge in [0.15, 0.2) is 0 Å². The Bertz CT molecular complexity index is 1260. The Morgan fingerprint density at radius 3 is 2.33 bits per heavy atom. The Kier molecular flexibility index (Phi) is 6.63. The largest absolute Gasteiger partial charge is 0.325 e. The van der Waals surface area contributed by atoms with E-state index in [0.717, 1.165) is 29.1 Å². The third-order valence-corrected chi connectivity index (χ3v) is 10.2. The summed E-state index contributed by atoms with van der Waals surface area (Å²) in [6, 6.07) is 11.7. The lowest BCUT2D eigenvalue weighted by molar-refractivity contribution is -0.120. The maximum absolute atomic E-state index is 13.1. The molecule has 1 fully saturated rings. The van der Waals surface area contributed by atoms with E-state index in [-0.39, 0.29) is 29.6 Å². The number of hydrogen-bond acceptors (Lipinski definition) is 5. The highest BCUT2D eigenvalue weighted by molar-refractivity contribution is 7.89. The number of carbonyl (C=O) groups is 1. The van der Waals surface area contributed by atoms with Crippen LogP contribution >= 0.6 is 0 Å². The summed E-state index contributed by atoms with van der Waals surface area (Å²) in [7, 11) is -4.46. The van der Waals surface area contributed by atoms with Crippen molar-refractivity contribution in [1.29, 1.82) is 0 Å². The Balaban J connectivity index is 1.43. The fourth-order valence-electron chi connectivity index (χ4n) is 4.44. The summed E-state index contributed by atoms with van der Waals surface area (Å²) in [6.07, 6.45) is 3.70. The van der Waals surface area contributed by atoms with E-state index in [1.54, 1.807) is 30.3 Å². The van der Waals surface area contributed by atoms with Crippen LogP contribution in [0.1, 0.15) is 30.4 Å². The summed E-state index contributed by atoms with van der Waals surface area (Å²) >= 11 is 0. The van der Waals surface area contributed by atoms with Crippen LogP contribution in [-0.4, -0.2) is 58.5 Å². The molecule has 2 aromatic rings. The smallest absolute Gasteiger partial charge is 0.244 e. The lowest BCUT2D eigenvalue weighted by Crippen LogP contribution is -2.41. The van der Waals surface area contributed by atoms with Crippen molar-refractivity contribution in [1.82, 2.24) is 8.61 Å². The molecule has 1 aliphatic heterocycles. The second-order valence-electron chi connectivity index (χ2n) is 8.74. The number of piperidine rings is 1. The van der Waals surface area contributed by atoms with E-state index in [1.165, 1.54) is 30.0 Å². The third kappa shape index (κ3) is 4.70. The molecule has 178 valence electrons. The molecule has 1 heterocycles. The molecule has 33 heavy (non-hydrogen) atoms. The number of nitrogens with one attached hydrogen (secondary N) is 1. The van der Waals surface area contributed by atoms with E-state index in [4.69, 9.17) is 0 Å². The van der Waals surface area contributed by atoms with Gasteiger partial charge in [-0.3, -0.25) is 4.79 Å². The first kappa shape index (κ1) is 23.9. The zero-order valence-electron chi connectivity index (χ0n) is 18.8. The van der Waals surface area contributed by atoms with Gasteiger partial charge in [-0.15, -0.1) is 0 Å². The average molecular weight is 492 g/mol. The fourth-order valence-corrected chi connectivity index (χ4v) is 7.00. The summed E-state index contributed by atoms with van der Waals surface area (Å²) in [6.45, 7) is 0.490.